The molecule has 4 rings (SSSR count). The van der Waals surface area contributed by atoms with Crippen molar-refractivity contribution < 1.29 is 9.32 Å². The Morgan fingerprint density at radius 3 is 2.68 bits per heavy atom. The first-order valence-electron chi connectivity index (χ1n) is 11.4. The molecule has 2 heterocycles. The van der Waals surface area contributed by atoms with Crippen LogP contribution < -0.4 is 5.32 Å². The van der Waals surface area contributed by atoms with Gasteiger partial charge >= 0.3 is 0 Å². The van der Waals surface area contributed by atoms with E-state index in [2.05, 4.69) is 20.4 Å². The first-order valence-corrected chi connectivity index (χ1v) is 13.3. The highest BCUT2D eigenvalue weighted by atomic mass is 35.5. The summed E-state index contributed by atoms with van der Waals surface area (Å²) in [6.45, 7) is 4.98. The van der Waals surface area contributed by atoms with Crippen molar-refractivity contribution in [1.29, 1.82) is 0 Å². The number of piperidine rings is 1. The van der Waals surface area contributed by atoms with Gasteiger partial charge in [-0.3, -0.25) is 9.69 Å². The monoisotopic (exact) mass is 518 g/mol. The molecule has 9 heteroatoms. The Morgan fingerprint density at radius 2 is 1.94 bits per heavy atom. The number of hydrogen-bond acceptors (Lipinski definition) is 6. The van der Waals surface area contributed by atoms with Gasteiger partial charge in [0.25, 0.3) is 0 Å². The van der Waals surface area contributed by atoms with Crippen molar-refractivity contribution in [3.05, 3.63) is 69.5 Å². The van der Waals surface area contributed by atoms with Crippen LogP contribution in [0.5, 0.6) is 0 Å². The largest absolute Gasteiger partial charge is 0.355 e. The molecule has 0 spiro atoms. The highest BCUT2D eigenvalue weighted by Crippen LogP contribution is 2.25. The lowest BCUT2D eigenvalue weighted by molar-refractivity contribution is -0.126. The molecule has 0 bridgehead atoms. The fraction of sp³-hybridized carbons (Fsp3) is 0.400. The minimum atomic E-state index is 0.0535. The summed E-state index contributed by atoms with van der Waals surface area (Å²) in [5.41, 5.74) is 3.20. The number of thioether (sulfide) groups is 1. The van der Waals surface area contributed by atoms with E-state index >= 15 is 0 Å². The van der Waals surface area contributed by atoms with Gasteiger partial charge in [-0.1, -0.05) is 64.3 Å². The zero-order valence-corrected chi connectivity index (χ0v) is 21.4. The third kappa shape index (κ3) is 6.98. The second-order valence-corrected chi connectivity index (χ2v) is 10.5. The highest BCUT2D eigenvalue weighted by Gasteiger charge is 2.25. The zero-order chi connectivity index (χ0) is 23.9. The van der Waals surface area contributed by atoms with Crippen LogP contribution in [-0.2, 0) is 17.1 Å². The molecule has 0 unspecified atom stereocenters. The SMILES string of the molecule is Cc1ccc(-c2noc(CN3CCC(C(=O)NCCSCc4ccc(Cl)cc4Cl)CC3)n2)cc1. The number of nitrogens with one attached hydrogen (secondary N) is 1. The average molecular weight is 519 g/mol. The maximum Gasteiger partial charge on any atom is 0.241 e. The molecule has 6 nitrogen and oxygen atoms in total. The molecule has 0 aliphatic carbocycles. The Labute approximate surface area is 214 Å². The number of carbonyl (C=O) groups is 1. The van der Waals surface area contributed by atoms with E-state index in [-0.39, 0.29) is 11.8 Å². The number of carbonyl (C=O) groups excluding carboxylic acids is 1. The molecule has 1 N–H and O–H groups in total. The molecule has 1 amide bonds. The van der Waals surface area contributed by atoms with Crippen LogP contribution in [0, 0.1) is 12.8 Å². The van der Waals surface area contributed by atoms with Gasteiger partial charge in [0.1, 0.15) is 0 Å². The predicted molar refractivity (Wildman–Crippen MR) is 138 cm³/mol. The van der Waals surface area contributed by atoms with Crippen molar-refractivity contribution in [3.63, 3.8) is 0 Å². The summed E-state index contributed by atoms with van der Waals surface area (Å²) in [5, 5.41) is 8.51. The van der Waals surface area contributed by atoms with Crippen molar-refractivity contribution >= 4 is 40.9 Å². The summed E-state index contributed by atoms with van der Waals surface area (Å²) in [5.74, 6) is 3.05. The van der Waals surface area contributed by atoms with E-state index in [0.29, 0.717) is 34.8 Å². The van der Waals surface area contributed by atoms with Gasteiger partial charge in [0, 0.05) is 39.6 Å². The van der Waals surface area contributed by atoms with Gasteiger partial charge in [0.2, 0.25) is 17.6 Å². The number of amides is 1. The van der Waals surface area contributed by atoms with Crippen LogP contribution in [0.25, 0.3) is 11.4 Å². The molecule has 2 aromatic carbocycles. The highest BCUT2D eigenvalue weighted by molar-refractivity contribution is 7.98. The van der Waals surface area contributed by atoms with Gasteiger partial charge in [-0.05, 0) is 50.6 Å². The Hall–Kier alpha value is -2.06. The molecule has 1 saturated heterocycles. The third-order valence-corrected chi connectivity index (χ3v) is 7.51. The quantitative estimate of drug-likeness (QED) is 0.371. The number of likely N-dealkylation sites (tertiary alicyclic amines) is 1. The lowest BCUT2D eigenvalue weighted by atomic mass is 9.96. The van der Waals surface area contributed by atoms with Crippen molar-refractivity contribution in [1.82, 2.24) is 20.4 Å². The smallest absolute Gasteiger partial charge is 0.241 e. The summed E-state index contributed by atoms with van der Waals surface area (Å²) in [6, 6.07) is 13.6. The van der Waals surface area contributed by atoms with Crippen molar-refractivity contribution in [3.8, 4) is 11.4 Å². The molecule has 34 heavy (non-hydrogen) atoms. The zero-order valence-electron chi connectivity index (χ0n) is 19.1. The topological polar surface area (TPSA) is 71.3 Å². The lowest BCUT2D eigenvalue weighted by Crippen LogP contribution is -2.40. The summed E-state index contributed by atoms with van der Waals surface area (Å²) in [7, 11) is 0. The van der Waals surface area contributed by atoms with Gasteiger partial charge in [-0.2, -0.15) is 16.7 Å². The molecular formula is C25H28Cl2N4O2S. The number of nitrogens with zero attached hydrogens (tertiary/aromatic N) is 3. The van der Waals surface area contributed by atoms with Crippen molar-refractivity contribution in [2.24, 2.45) is 5.92 Å². The van der Waals surface area contributed by atoms with Gasteiger partial charge in [0.05, 0.1) is 6.54 Å². The second-order valence-electron chi connectivity index (χ2n) is 8.51. The van der Waals surface area contributed by atoms with E-state index in [1.54, 1.807) is 17.8 Å². The van der Waals surface area contributed by atoms with Crippen molar-refractivity contribution in [2.45, 2.75) is 32.1 Å². The average Bonchev–Trinajstić information content (AvgIpc) is 3.29. The summed E-state index contributed by atoms with van der Waals surface area (Å²) in [6.07, 6.45) is 1.66. The van der Waals surface area contributed by atoms with Gasteiger partial charge in [0.15, 0.2) is 0 Å². The van der Waals surface area contributed by atoms with E-state index in [1.807, 2.05) is 43.3 Å². The molecule has 1 fully saturated rings. The molecule has 1 aliphatic rings. The van der Waals surface area contributed by atoms with Crippen LogP contribution in [-0.4, -0.2) is 46.3 Å². The number of aryl methyl sites for hydroxylation is 1. The van der Waals surface area contributed by atoms with Gasteiger partial charge in [-0.15, -0.1) is 0 Å². The van der Waals surface area contributed by atoms with Gasteiger partial charge in [-0.25, -0.2) is 0 Å². The molecule has 1 aromatic heterocycles. The van der Waals surface area contributed by atoms with E-state index in [1.165, 1.54) is 5.56 Å². The third-order valence-electron chi connectivity index (χ3n) is 5.91. The Morgan fingerprint density at radius 1 is 1.18 bits per heavy atom. The maximum absolute atomic E-state index is 12.6. The van der Waals surface area contributed by atoms with Crippen LogP contribution >= 0.6 is 35.0 Å². The fourth-order valence-electron chi connectivity index (χ4n) is 3.90. The first-order chi connectivity index (χ1) is 16.5. The maximum atomic E-state index is 12.6. The molecule has 3 aromatic rings. The van der Waals surface area contributed by atoms with Crippen LogP contribution in [0.2, 0.25) is 10.0 Å². The van der Waals surface area contributed by atoms with E-state index in [9.17, 15) is 4.79 Å². The number of hydrogen-bond donors (Lipinski definition) is 1. The van der Waals surface area contributed by atoms with Crippen LogP contribution in [0.15, 0.2) is 47.0 Å². The second kappa shape index (κ2) is 12.1. The lowest BCUT2D eigenvalue weighted by Gasteiger charge is -2.30. The molecule has 0 saturated carbocycles. The number of benzene rings is 2. The fourth-order valence-corrected chi connectivity index (χ4v) is 5.31. The summed E-state index contributed by atoms with van der Waals surface area (Å²) < 4.78 is 5.45. The van der Waals surface area contributed by atoms with E-state index in [4.69, 9.17) is 27.7 Å². The molecule has 0 atom stereocenters. The minimum absolute atomic E-state index is 0.0535. The van der Waals surface area contributed by atoms with Crippen LogP contribution in [0.3, 0.4) is 0 Å². The summed E-state index contributed by atoms with van der Waals surface area (Å²) >= 11 is 13.9. The van der Waals surface area contributed by atoms with E-state index in [0.717, 1.165) is 48.6 Å². The Bertz CT molecular complexity index is 1100. The molecule has 180 valence electrons. The van der Waals surface area contributed by atoms with Crippen molar-refractivity contribution in [2.75, 3.05) is 25.4 Å². The Kier molecular flexibility index (Phi) is 8.89. The van der Waals surface area contributed by atoms with E-state index < -0.39 is 0 Å². The number of rotatable bonds is 9. The van der Waals surface area contributed by atoms with Gasteiger partial charge < -0.3 is 9.84 Å². The Balaban J connectivity index is 1.14. The standard InChI is InChI=1S/C25H28Cl2N4O2S/c1-17-2-4-18(5-3-17)24-29-23(33-30-24)15-31-11-8-19(9-12-31)25(32)28-10-13-34-16-20-6-7-21(26)14-22(20)27/h2-7,14,19H,8-13,15-16H2,1H3,(H,28,32). The normalized spacial score (nSPS) is 14.9. The molecule has 0 radical (unpaired) electrons. The predicted octanol–water partition coefficient (Wildman–Crippen LogP) is 5.61. The molecule has 1 aliphatic heterocycles. The summed E-state index contributed by atoms with van der Waals surface area (Å²) in [4.78, 5) is 19.4. The number of halogens is 2. The number of aromatic nitrogens is 2. The minimum Gasteiger partial charge on any atom is -0.355 e. The van der Waals surface area contributed by atoms with Crippen LogP contribution in [0.4, 0.5) is 0 Å². The molecular weight excluding hydrogens is 491 g/mol. The van der Waals surface area contributed by atoms with Crippen LogP contribution in [0.1, 0.15) is 29.9 Å². The first kappa shape index (κ1) is 25.0.